The quantitative estimate of drug-likeness (QED) is 0.555. The molecule has 1 amide bonds. The van der Waals surface area contributed by atoms with Crippen LogP contribution < -0.4 is 9.62 Å². The third kappa shape index (κ3) is 6.38. The van der Waals surface area contributed by atoms with Gasteiger partial charge >= 0.3 is 0 Å². The third-order valence-electron chi connectivity index (χ3n) is 5.57. The Labute approximate surface area is 200 Å². The number of sulfonamides is 1. The molecular formula is C23H29Cl2N3O3S. The lowest BCUT2D eigenvalue weighted by Gasteiger charge is -2.30. The molecule has 3 rings (SSSR count). The first-order chi connectivity index (χ1) is 15.2. The van der Waals surface area contributed by atoms with E-state index in [1.165, 1.54) is 30.5 Å². The lowest BCUT2D eigenvalue weighted by molar-refractivity contribution is -0.122. The first-order valence-corrected chi connectivity index (χ1v) is 13.3. The summed E-state index contributed by atoms with van der Waals surface area (Å²) in [5.41, 5.74) is 2.38. The van der Waals surface area contributed by atoms with Crippen LogP contribution in [0.1, 0.15) is 37.3 Å². The number of anilines is 1. The minimum atomic E-state index is -3.79. The van der Waals surface area contributed by atoms with Gasteiger partial charge in [-0.15, -0.1) is 0 Å². The number of hydrogen-bond acceptors (Lipinski definition) is 4. The Bertz CT molecular complexity index is 1040. The van der Waals surface area contributed by atoms with E-state index in [1.807, 2.05) is 12.1 Å². The Morgan fingerprint density at radius 2 is 1.72 bits per heavy atom. The van der Waals surface area contributed by atoms with Gasteiger partial charge in [0.05, 0.1) is 17.0 Å². The van der Waals surface area contributed by atoms with Gasteiger partial charge in [-0.05, 0) is 61.7 Å². The lowest BCUT2D eigenvalue weighted by Crippen LogP contribution is -2.49. The summed E-state index contributed by atoms with van der Waals surface area (Å²) in [6, 6.07) is 11.7. The number of halogens is 2. The SMILES string of the molecule is CC[C@H](C(=O)NCc1ccc(CN2CCCC2)cc1)N(c1cc(Cl)ccc1Cl)S(C)(=O)=O. The van der Waals surface area contributed by atoms with E-state index in [2.05, 4.69) is 22.3 Å². The van der Waals surface area contributed by atoms with E-state index >= 15 is 0 Å². The maximum atomic E-state index is 13.0. The average molecular weight is 498 g/mol. The van der Waals surface area contributed by atoms with Crippen LogP contribution in [0.3, 0.4) is 0 Å². The van der Waals surface area contributed by atoms with Crippen molar-refractivity contribution in [2.24, 2.45) is 0 Å². The van der Waals surface area contributed by atoms with Gasteiger partial charge in [0.1, 0.15) is 6.04 Å². The zero-order valence-electron chi connectivity index (χ0n) is 18.4. The van der Waals surface area contributed by atoms with Crippen LogP contribution in [0.15, 0.2) is 42.5 Å². The highest BCUT2D eigenvalue weighted by Crippen LogP contribution is 2.33. The van der Waals surface area contributed by atoms with E-state index in [0.717, 1.165) is 35.8 Å². The second-order valence-electron chi connectivity index (χ2n) is 8.10. The van der Waals surface area contributed by atoms with Crippen molar-refractivity contribution in [3.05, 3.63) is 63.6 Å². The van der Waals surface area contributed by atoms with Crippen molar-refractivity contribution in [3.63, 3.8) is 0 Å². The molecule has 1 aliphatic heterocycles. The molecule has 1 aliphatic rings. The number of carbonyl (C=O) groups is 1. The molecular weight excluding hydrogens is 469 g/mol. The summed E-state index contributed by atoms with van der Waals surface area (Å²) >= 11 is 12.3. The van der Waals surface area contributed by atoms with Gasteiger partial charge in [0.15, 0.2) is 0 Å². The van der Waals surface area contributed by atoms with Gasteiger partial charge in [-0.2, -0.15) is 0 Å². The van der Waals surface area contributed by atoms with Gasteiger partial charge in [-0.3, -0.25) is 14.0 Å². The molecule has 32 heavy (non-hydrogen) atoms. The van der Waals surface area contributed by atoms with Crippen LogP contribution in [-0.2, 0) is 27.9 Å². The van der Waals surface area contributed by atoms with Gasteiger partial charge < -0.3 is 5.32 Å². The van der Waals surface area contributed by atoms with E-state index < -0.39 is 22.0 Å². The van der Waals surface area contributed by atoms with E-state index in [4.69, 9.17) is 23.2 Å². The summed E-state index contributed by atoms with van der Waals surface area (Å²) in [4.78, 5) is 15.4. The number of nitrogens with zero attached hydrogens (tertiary/aromatic N) is 2. The summed E-state index contributed by atoms with van der Waals surface area (Å²) in [5, 5.41) is 3.41. The monoisotopic (exact) mass is 497 g/mol. The Morgan fingerprint density at radius 3 is 2.31 bits per heavy atom. The van der Waals surface area contributed by atoms with Crippen molar-refractivity contribution >= 4 is 44.8 Å². The number of amides is 1. The van der Waals surface area contributed by atoms with Crippen molar-refractivity contribution in [2.75, 3.05) is 23.7 Å². The highest BCUT2D eigenvalue weighted by atomic mass is 35.5. The smallest absolute Gasteiger partial charge is 0.244 e. The predicted molar refractivity (Wildman–Crippen MR) is 131 cm³/mol. The summed E-state index contributed by atoms with van der Waals surface area (Å²) in [7, 11) is -3.79. The first kappa shape index (κ1) is 24.8. The molecule has 6 nitrogen and oxygen atoms in total. The molecule has 0 aliphatic carbocycles. The fourth-order valence-corrected chi connectivity index (χ4v) is 5.60. The Balaban J connectivity index is 1.70. The molecule has 1 saturated heterocycles. The van der Waals surface area contributed by atoms with Crippen molar-refractivity contribution in [1.29, 1.82) is 0 Å². The lowest BCUT2D eigenvalue weighted by atomic mass is 10.1. The van der Waals surface area contributed by atoms with Crippen LogP contribution in [0.4, 0.5) is 5.69 Å². The number of nitrogens with one attached hydrogen (secondary N) is 1. The second kappa shape index (κ2) is 10.9. The number of benzene rings is 2. The molecule has 0 radical (unpaired) electrons. The van der Waals surface area contributed by atoms with Crippen LogP contribution in [0.5, 0.6) is 0 Å². The van der Waals surface area contributed by atoms with Crippen molar-refractivity contribution in [3.8, 4) is 0 Å². The van der Waals surface area contributed by atoms with Crippen LogP contribution >= 0.6 is 23.2 Å². The Kier molecular flexibility index (Phi) is 8.44. The Hall–Kier alpha value is -1.80. The summed E-state index contributed by atoms with van der Waals surface area (Å²) in [5.74, 6) is -0.393. The standard InChI is InChI=1S/C23H29Cl2N3O3S/c1-3-21(28(32(2,30)31)22-14-19(24)10-11-20(22)25)23(29)26-15-17-6-8-18(9-7-17)16-27-12-4-5-13-27/h6-11,14,21H,3-5,12-13,15-16H2,1-2H3,(H,26,29)/t21-/m1/s1. The van der Waals surface area contributed by atoms with E-state index in [1.54, 1.807) is 13.0 Å². The molecule has 1 atom stereocenters. The molecule has 2 aromatic rings. The molecule has 1 fully saturated rings. The largest absolute Gasteiger partial charge is 0.350 e. The summed E-state index contributed by atoms with van der Waals surface area (Å²) in [6.07, 6.45) is 3.84. The van der Waals surface area contributed by atoms with E-state index in [9.17, 15) is 13.2 Å². The Morgan fingerprint density at radius 1 is 1.09 bits per heavy atom. The van der Waals surface area contributed by atoms with Gasteiger partial charge in [0.2, 0.25) is 15.9 Å². The normalized spacial score (nSPS) is 15.5. The van der Waals surface area contributed by atoms with Crippen molar-refractivity contribution in [1.82, 2.24) is 10.2 Å². The fraction of sp³-hybridized carbons (Fsp3) is 0.435. The fourth-order valence-electron chi connectivity index (χ4n) is 3.96. The zero-order valence-corrected chi connectivity index (χ0v) is 20.7. The average Bonchev–Trinajstić information content (AvgIpc) is 3.25. The molecule has 0 unspecified atom stereocenters. The van der Waals surface area contributed by atoms with Crippen LogP contribution in [0.2, 0.25) is 10.0 Å². The molecule has 0 saturated carbocycles. The molecule has 2 aromatic carbocycles. The highest BCUT2D eigenvalue weighted by Gasteiger charge is 2.32. The minimum absolute atomic E-state index is 0.190. The number of likely N-dealkylation sites (tertiary alicyclic amines) is 1. The second-order valence-corrected chi connectivity index (χ2v) is 10.8. The van der Waals surface area contributed by atoms with Crippen LogP contribution in [0, 0.1) is 0 Å². The minimum Gasteiger partial charge on any atom is -0.350 e. The van der Waals surface area contributed by atoms with Crippen molar-refractivity contribution in [2.45, 2.75) is 45.3 Å². The zero-order chi connectivity index (χ0) is 23.3. The van der Waals surface area contributed by atoms with Gasteiger partial charge in [-0.1, -0.05) is 54.4 Å². The summed E-state index contributed by atoms with van der Waals surface area (Å²) in [6.45, 7) is 5.29. The predicted octanol–water partition coefficient (Wildman–Crippen LogP) is 4.45. The van der Waals surface area contributed by atoms with E-state index in [0.29, 0.717) is 11.6 Å². The van der Waals surface area contributed by atoms with Gasteiger partial charge in [0, 0.05) is 18.1 Å². The highest BCUT2D eigenvalue weighted by molar-refractivity contribution is 7.92. The van der Waals surface area contributed by atoms with Crippen LogP contribution in [0.25, 0.3) is 0 Å². The molecule has 0 aromatic heterocycles. The first-order valence-electron chi connectivity index (χ1n) is 10.7. The topological polar surface area (TPSA) is 69.7 Å². The van der Waals surface area contributed by atoms with Gasteiger partial charge in [-0.25, -0.2) is 8.42 Å². The molecule has 174 valence electrons. The summed E-state index contributed by atoms with van der Waals surface area (Å²) < 4.78 is 26.2. The van der Waals surface area contributed by atoms with Crippen molar-refractivity contribution < 1.29 is 13.2 Å². The van der Waals surface area contributed by atoms with E-state index in [-0.39, 0.29) is 17.1 Å². The number of rotatable bonds is 9. The maximum absolute atomic E-state index is 13.0. The molecule has 0 bridgehead atoms. The molecule has 0 spiro atoms. The molecule has 1 heterocycles. The molecule has 1 N–H and O–H groups in total. The number of hydrogen-bond donors (Lipinski definition) is 1. The number of carbonyl (C=O) groups excluding carboxylic acids is 1. The van der Waals surface area contributed by atoms with Crippen LogP contribution in [-0.4, -0.2) is 44.6 Å². The molecule has 9 heteroatoms. The third-order valence-corrected chi connectivity index (χ3v) is 7.29. The van der Waals surface area contributed by atoms with Gasteiger partial charge in [0.25, 0.3) is 0 Å². The maximum Gasteiger partial charge on any atom is 0.244 e.